The molecule has 2 aromatic rings. The smallest absolute Gasteiger partial charge is 0.224 e. The van der Waals surface area contributed by atoms with E-state index < -0.39 is 0 Å². The molecule has 142 valence electrons. The van der Waals surface area contributed by atoms with Crippen LogP contribution < -0.4 is 5.32 Å². The van der Waals surface area contributed by atoms with Crippen LogP contribution >= 0.6 is 0 Å². The number of likely N-dealkylation sites (tertiary alicyclic amines) is 1. The number of benzene rings is 1. The van der Waals surface area contributed by atoms with E-state index in [4.69, 9.17) is 4.74 Å². The van der Waals surface area contributed by atoms with Crippen LogP contribution in [0.25, 0.3) is 10.9 Å². The zero-order valence-corrected chi connectivity index (χ0v) is 15.6. The van der Waals surface area contributed by atoms with Gasteiger partial charge in [0.05, 0.1) is 29.8 Å². The molecule has 7 heteroatoms. The Balaban J connectivity index is 1.78. The van der Waals surface area contributed by atoms with Gasteiger partial charge in [0, 0.05) is 37.8 Å². The van der Waals surface area contributed by atoms with E-state index in [1.807, 2.05) is 4.90 Å². The van der Waals surface area contributed by atoms with E-state index in [9.17, 15) is 14.4 Å². The Labute approximate surface area is 157 Å². The van der Waals surface area contributed by atoms with Gasteiger partial charge in [-0.1, -0.05) is 0 Å². The molecular formula is C20H23FN4O2. The first-order valence-electron chi connectivity index (χ1n) is 9.05. The van der Waals surface area contributed by atoms with Crippen LogP contribution in [0, 0.1) is 24.1 Å². The number of carbonyl (C=O) groups is 1. The Morgan fingerprint density at radius 2 is 2.19 bits per heavy atom. The molecule has 1 amide bonds. The van der Waals surface area contributed by atoms with Crippen LogP contribution in [0.1, 0.15) is 30.4 Å². The maximum Gasteiger partial charge on any atom is 0.224 e. The van der Waals surface area contributed by atoms with Crippen molar-refractivity contribution in [2.75, 3.05) is 32.1 Å². The molecule has 0 aliphatic carbocycles. The Kier molecular flexibility index (Phi) is 5.87. The molecule has 0 bridgehead atoms. The second-order valence-electron chi connectivity index (χ2n) is 6.82. The number of ether oxygens (including phenoxy) is 1. The molecule has 0 saturated carbocycles. The quantitative estimate of drug-likeness (QED) is 0.875. The number of aromatic nitrogens is 1. The van der Waals surface area contributed by atoms with E-state index in [1.165, 1.54) is 18.3 Å². The molecule has 2 heterocycles. The van der Waals surface area contributed by atoms with Crippen molar-refractivity contribution in [2.45, 2.75) is 32.2 Å². The molecule has 1 N–H and O–H groups in total. The number of hydrogen-bond acceptors (Lipinski definition) is 5. The highest BCUT2D eigenvalue weighted by atomic mass is 19.1. The van der Waals surface area contributed by atoms with E-state index >= 15 is 0 Å². The third-order valence-electron chi connectivity index (χ3n) is 4.96. The van der Waals surface area contributed by atoms with Crippen molar-refractivity contribution in [3.63, 3.8) is 0 Å². The molecule has 0 unspecified atom stereocenters. The van der Waals surface area contributed by atoms with E-state index in [0.717, 1.165) is 18.4 Å². The monoisotopic (exact) mass is 370 g/mol. The lowest BCUT2D eigenvalue weighted by molar-refractivity contribution is -0.133. The fourth-order valence-electron chi connectivity index (χ4n) is 3.50. The number of fused-ring (bicyclic) bond motifs is 1. The third-order valence-corrected chi connectivity index (χ3v) is 4.96. The minimum Gasteiger partial charge on any atom is -0.384 e. The van der Waals surface area contributed by atoms with Gasteiger partial charge in [-0.25, -0.2) is 4.39 Å². The lowest BCUT2D eigenvalue weighted by Crippen LogP contribution is -2.42. The molecule has 6 nitrogen and oxygen atoms in total. The van der Waals surface area contributed by atoms with Gasteiger partial charge in [0.15, 0.2) is 0 Å². The van der Waals surface area contributed by atoms with Crippen molar-refractivity contribution in [3.8, 4) is 6.07 Å². The summed E-state index contributed by atoms with van der Waals surface area (Å²) in [5.41, 5.74) is 2.43. The van der Waals surface area contributed by atoms with Crippen LogP contribution in [-0.2, 0) is 9.53 Å². The number of halogens is 1. The highest BCUT2D eigenvalue weighted by Gasteiger charge is 2.24. The van der Waals surface area contributed by atoms with Gasteiger partial charge in [0.1, 0.15) is 11.9 Å². The molecule has 3 rings (SSSR count). The fourth-order valence-corrected chi connectivity index (χ4v) is 3.50. The molecular weight excluding hydrogens is 347 g/mol. The number of aryl methyl sites for hydroxylation is 1. The summed E-state index contributed by atoms with van der Waals surface area (Å²) in [6.45, 7) is 3.53. The largest absolute Gasteiger partial charge is 0.384 e. The number of rotatable bonds is 5. The second-order valence-corrected chi connectivity index (χ2v) is 6.82. The van der Waals surface area contributed by atoms with E-state index in [-0.39, 0.29) is 17.8 Å². The van der Waals surface area contributed by atoms with Crippen molar-refractivity contribution in [1.29, 1.82) is 5.26 Å². The summed E-state index contributed by atoms with van der Waals surface area (Å²) in [7, 11) is 1.58. The molecule has 1 aromatic heterocycles. The van der Waals surface area contributed by atoms with Crippen LogP contribution in [-0.4, -0.2) is 48.6 Å². The van der Waals surface area contributed by atoms with Crippen molar-refractivity contribution in [2.24, 2.45) is 0 Å². The first-order chi connectivity index (χ1) is 13.0. The van der Waals surface area contributed by atoms with Gasteiger partial charge in [-0.2, -0.15) is 5.26 Å². The van der Waals surface area contributed by atoms with Gasteiger partial charge in [-0.3, -0.25) is 9.78 Å². The number of nitrogens with one attached hydrogen (secondary N) is 1. The maximum absolute atomic E-state index is 13.9. The van der Waals surface area contributed by atoms with Gasteiger partial charge in [0.2, 0.25) is 5.91 Å². The minimum atomic E-state index is -0.349. The predicted octanol–water partition coefficient (Wildman–Crippen LogP) is 2.99. The summed E-state index contributed by atoms with van der Waals surface area (Å²) in [4.78, 5) is 18.3. The normalized spacial score (nSPS) is 15.0. The van der Waals surface area contributed by atoms with Gasteiger partial charge in [-0.05, 0) is 37.5 Å². The van der Waals surface area contributed by atoms with Crippen LogP contribution in [0.5, 0.6) is 0 Å². The average molecular weight is 370 g/mol. The van der Waals surface area contributed by atoms with Crippen molar-refractivity contribution >= 4 is 22.5 Å². The summed E-state index contributed by atoms with van der Waals surface area (Å²) in [5, 5.41) is 13.5. The SMILES string of the molecule is COCCC(=O)N1CCC(Nc2c(C#N)cnc3c(C)cc(F)cc23)CC1. The molecule has 1 aliphatic rings. The molecule has 1 fully saturated rings. The molecule has 0 radical (unpaired) electrons. The second kappa shape index (κ2) is 8.31. The molecule has 1 saturated heterocycles. The van der Waals surface area contributed by atoms with Crippen LogP contribution in [0.2, 0.25) is 0 Å². The number of pyridine rings is 1. The summed E-state index contributed by atoms with van der Waals surface area (Å²) < 4.78 is 18.9. The zero-order chi connectivity index (χ0) is 19.4. The number of hydrogen-bond donors (Lipinski definition) is 1. The number of carbonyl (C=O) groups excluding carboxylic acids is 1. The summed E-state index contributed by atoms with van der Waals surface area (Å²) in [5.74, 6) is -0.251. The van der Waals surface area contributed by atoms with Gasteiger partial charge < -0.3 is 15.0 Å². The van der Waals surface area contributed by atoms with Crippen molar-refractivity contribution in [1.82, 2.24) is 9.88 Å². The number of anilines is 1. The lowest BCUT2D eigenvalue weighted by Gasteiger charge is -2.33. The van der Waals surface area contributed by atoms with Gasteiger partial charge in [0.25, 0.3) is 0 Å². The van der Waals surface area contributed by atoms with Crippen LogP contribution in [0.3, 0.4) is 0 Å². The Morgan fingerprint density at radius 1 is 1.44 bits per heavy atom. The molecule has 27 heavy (non-hydrogen) atoms. The van der Waals surface area contributed by atoms with E-state index in [1.54, 1.807) is 14.0 Å². The first kappa shape index (κ1) is 19.1. The number of methoxy groups -OCH3 is 1. The molecule has 1 aliphatic heterocycles. The van der Waals surface area contributed by atoms with E-state index in [2.05, 4.69) is 16.4 Å². The third kappa shape index (κ3) is 4.17. The Morgan fingerprint density at radius 3 is 2.85 bits per heavy atom. The number of nitriles is 1. The predicted molar refractivity (Wildman–Crippen MR) is 101 cm³/mol. The highest BCUT2D eigenvalue weighted by molar-refractivity contribution is 5.95. The summed E-state index contributed by atoms with van der Waals surface area (Å²) in [6.07, 6.45) is 3.45. The van der Waals surface area contributed by atoms with Crippen LogP contribution in [0.4, 0.5) is 10.1 Å². The van der Waals surface area contributed by atoms with Gasteiger partial charge in [-0.15, -0.1) is 0 Å². The van der Waals surface area contributed by atoms with Crippen LogP contribution in [0.15, 0.2) is 18.3 Å². The number of nitrogens with zero attached hydrogens (tertiary/aromatic N) is 3. The number of amides is 1. The standard InChI is InChI=1S/C20H23FN4O2/c1-13-9-15(21)10-17-19(13)23-12-14(11-22)20(17)24-16-3-6-25(7-4-16)18(26)5-8-27-2/h9-10,12,16H,3-8H2,1-2H3,(H,23,24). The number of piperidine rings is 1. The highest BCUT2D eigenvalue weighted by Crippen LogP contribution is 2.30. The maximum atomic E-state index is 13.9. The average Bonchev–Trinajstić information content (AvgIpc) is 2.67. The Bertz CT molecular complexity index is 886. The topological polar surface area (TPSA) is 78.2 Å². The summed E-state index contributed by atoms with van der Waals surface area (Å²) >= 11 is 0. The van der Waals surface area contributed by atoms with E-state index in [0.29, 0.717) is 48.3 Å². The first-order valence-corrected chi connectivity index (χ1v) is 9.05. The lowest BCUT2D eigenvalue weighted by atomic mass is 10.0. The molecule has 0 atom stereocenters. The zero-order valence-electron chi connectivity index (χ0n) is 15.6. The molecule has 0 spiro atoms. The van der Waals surface area contributed by atoms with Gasteiger partial charge >= 0.3 is 0 Å². The Hall–Kier alpha value is -2.72. The fraction of sp³-hybridized carbons (Fsp3) is 0.450. The minimum absolute atomic E-state index is 0.0973. The van der Waals surface area contributed by atoms with Crippen molar-refractivity contribution in [3.05, 3.63) is 35.3 Å². The molecule has 1 aromatic carbocycles. The summed E-state index contributed by atoms with van der Waals surface area (Å²) in [6, 6.07) is 5.11. The van der Waals surface area contributed by atoms with Crippen molar-refractivity contribution < 1.29 is 13.9 Å².